The number of aromatic nitrogens is 2. The molecule has 0 amide bonds. The molecule has 2 heterocycles. The maximum atomic E-state index is 11.8. The minimum atomic E-state index is -4.81. The topological polar surface area (TPSA) is 189 Å². The summed E-state index contributed by atoms with van der Waals surface area (Å²) in [7, 11) is -9.45. The molecular formula is C20H29ClN2O10P2. The Kier molecular flexibility index (Phi) is 9.31. The zero-order valence-electron chi connectivity index (χ0n) is 18.9. The Labute approximate surface area is 207 Å². The Morgan fingerprint density at radius 2 is 1.86 bits per heavy atom. The summed E-state index contributed by atoms with van der Waals surface area (Å²) < 4.78 is 39.1. The van der Waals surface area contributed by atoms with Crippen molar-refractivity contribution in [2.45, 2.75) is 63.1 Å². The first-order chi connectivity index (χ1) is 16.3. The number of ether oxygens (including phenoxy) is 2. The fraction of sp³-hybridized carbons (Fsp3) is 0.600. The molecule has 0 aromatic carbocycles. The van der Waals surface area contributed by atoms with Crippen molar-refractivity contribution in [3.63, 3.8) is 0 Å². The molecule has 1 aliphatic heterocycles. The summed E-state index contributed by atoms with van der Waals surface area (Å²) in [5, 5.41) is 20.7. The summed E-state index contributed by atoms with van der Waals surface area (Å²) in [6.45, 7) is 4.93. The number of nitrogens with zero attached hydrogens (tertiary/aromatic N) is 2. The highest BCUT2D eigenvalue weighted by Gasteiger charge is 2.44. The van der Waals surface area contributed by atoms with Gasteiger partial charge >= 0.3 is 15.2 Å². The number of aliphatic hydroxyl groups is 2. The van der Waals surface area contributed by atoms with Crippen molar-refractivity contribution in [1.29, 1.82) is 0 Å². The quantitative estimate of drug-likeness (QED) is 0.161. The van der Waals surface area contributed by atoms with Crippen LogP contribution in [0, 0.1) is 6.92 Å². The molecule has 3 rings (SSSR count). The lowest BCUT2D eigenvalue weighted by Gasteiger charge is -2.18. The van der Waals surface area contributed by atoms with Gasteiger partial charge in [-0.1, -0.05) is 12.7 Å². The van der Waals surface area contributed by atoms with Gasteiger partial charge in [-0.15, -0.1) is 0 Å². The van der Waals surface area contributed by atoms with Crippen LogP contribution in [0.5, 0.6) is 5.88 Å². The minimum absolute atomic E-state index is 0.0275. The molecule has 196 valence electrons. The number of hydrogen-bond acceptors (Lipinski definition) is 9. The van der Waals surface area contributed by atoms with E-state index < -0.39 is 52.1 Å². The van der Waals surface area contributed by atoms with Crippen molar-refractivity contribution in [3.8, 4) is 5.88 Å². The third-order valence-electron chi connectivity index (χ3n) is 5.65. The first-order valence-electron chi connectivity index (χ1n) is 10.9. The van der Waals surface area contributed by atoms with Gasteiger partial charge in [-0.05, 0) is 55.9 Å². The van der Waals surface area contributed by atoms with E-state index in [0.29, 0.717) is 17.1 Å². The molecule has 15 heteroatoms. The average Bonchev–Trinajstić information content (AvgIpc) is 3.32. The lowest BCUT2D eigenvalue weighted by atomic mass is 10.0. The van der Waals surface area contributed by atoms with Crippen LogP contribution in [-0.2, 0) is 18.4 Å². The van der Waals surface area contributed by atoms with Crippen LogP contribution in [0.25, 0.3) is 6.08 Å². The molecule has 0 bridgehead atoms. The predicted molar refractivity (Wildman–Crippen MR) is 126 cm³/mol. The van der Waals surface area contributed by atoms with Crippen molar-refractivity contribution < 1.29 is 48.0 Å². The minimum Gasteiger partial charge on any atom is -0.474 e. The lowest BCUT2D eigenvalue weighted by molar-refractivity contribution is -0.00895. The summed E-state index contributed by atoms with van der Waals surface area (Å²) in [6.07, 6.45) is 1.91. The van der Waals surface area contributed by atoms with E-state index in [0.717, 1.165) is 25.7 Å². The predicted octanol–water partition coefficient (Wildman–Crippen LogP) is 2.16. The molecule has 12 nitrogen and oxygen atoms in total. The van der Waals surface area contributed by atoms with Crippen LogP contribution in [0.4, 0.5) is 0 Å². The van der Waals surface area contributed by atoms with Crippen molar-refractivity contribution in [2.24, 2.45) is 0 Å². The van der Waals surface area contributed by atoms with E-state index in [1.165, 1.54) is 6.08 Å². The molecule has 1 saturated carbocycles. The third-order valence-corrected chi connectivity index (χ3v) is 9.27. The molecule has 1 unspecified atom stereocenters. The lowest BCUT2D eigenvalue weighted by Crippen LogP contribution is -2.34. The fourth-order valence-corrected chi connectivity index (χ4v) is 6.68. The van der Waals surface area contributed by atoms with E-state index in [1.54, 1.807) is 13.0 Å². The van der Waals surface area contributed by atoms with Gasteiger partial charge in [-0.25, -0.2) is 4.98 Å². The van der Waals surface area contributed by atoms with Gasteiger partial charge in [0.1, 0.15) is 30.5 Å². The van der Waals surface area contributed by atoms with Crippen LogP contribution in [0.15, 0.2) is 18.2 Å². The van der Waals surface area contributed by atoms with E-state index in [4.69, 9.17) is 35.4 Å². The molecule has 2 aliphatic rings. The molecule has 1 saturated heterocycles. The van der Waals surface area contributed by atoms with Crippen LogP contribution in [-0.4, -0.2) is 77.9 Å². The summed E-state index contributed by atoms with van der Waals surface area (Å²) in [4.78, 5) is 35.7. The molecule has 5 N–H and O–H groups in total. The van der Waals surface area contributed by atoms with Gasteiger partial charge in [0.2, 0.25) is 11.2 Å². The number of hydrogen-bond donors (Lipinski definition) is 5. The van der Waals surface area contributed by atoms with Gasteiger partial charge in [0.15, 0.2) is 5.90 Å². The van der Waals surface area contributed by atoms with Crippen molar-refractivity contribution in [2.75, 3.05) is 12.5 Å². The van der Waals surface area contributed by atoms with E-state index in [-0.39, 0.29) is 17.0 Å². The second-order valence-electron chi connectivity index (χ2n) is 8.55. The maximum Gasteiger partial charge on any atom is 0.340 e. The molecule has 5 atom stereocenters. The summed E-state index contributed by atoms with van der Waals surface area (Å²) in [6, 6.07) is 0. The summed E-state index contributed by atoms with van der Waals surface area (Å²) in [5.41, 5.74) is 1.39. The van der Waals surface area contributed by atoms with Crippen LogP contribution in [0.1, 0.15) is 36.9 Å². The highest BCUT2D eigenvalue weighted by molar-refractivity contribution is 7.70. The first-order valence-corrected chi connectivity index (χ1v) is 14.8. The number of halogens is 1. The van der Waals surface area contributed by atoms with E-state index in [9.17, 15) is 24.2 Å². The number of rotatable bonds is 10. The molecular weight excluding hydrogens is 526 g/mol. The zero-order chi connectivity index (χ0) is 26.0. The summed E-state index contributed by atoms with van der Waals surface area (Å²) >= 11 is 6.00. The number of aliphatic hydroxyl groups excluding tert-OH is 2. The SMILES string of the molecule is C=C(/C=C\c1c(C)nc(Cl)nc1OC1CCCC1)[C@@H]1O[C@H](COP(=O)(O)CP(=O)(O)O)[C@@H](O)[C@H]1O. The van der Waals surface area contributed by atoms with Crippen LogP contribution >= 0.6 is 26.8 Å². The summed E-state index contributed by atoms with van der Waals surface area (Å²) in [5.74, 6) is -1.06. The van der Waals surface area contributed by atoms with Crippen LogP contribution in [0.3, 0.4) is 0 Å². The molecule has 1 aromatic heterocycles. The van der Waals surface area contributed by atoms with E-state index >= 15 is 0 Å². The number of aryl methyl sites for hydroxylation is 1. The molecule has 35 heavy (non-hydrogen) atoms. The highest BCUT2D eigenvalue weighted by atomic mass is 35.5. The molecule has 0 spiro atoms. The average molecular weight is 555 g/mol. The van der Waals surface area contributed by atoms with Gasteiger partial charge in [-0.3, -0.25) is 9.13 Å². The van der Waals surface area contributed by atoms with Crippen molar-refractivity contribution >= 4 is 32.9 Å². The van der Waals surface area contributed by atoms with Gasteiger partial charge in [0.05, 0.1) is 17.9 Å². The Bertz CT molecular complexity index is 1060. The van der Waals surface area contributed by atoms with Crippen molar-refractivity contribution in [1.82, 2.24) is 9.97 Å². The molecule has 1 aliphatic carbocycles. The smallest absolute Gasteiger partial charge is 0.340 e. The zero-order valence-corrected chi connectivity index (χ0v) is 21.5. The molecule has 0 radical (unpaired) electrons. The Morgan fingerprint density at radius 1 is 1.20 bits per heavy atom. The molecule has 2 fully saturated rings. The Hall–Kier alpha value is -1.17. The maximum absolute atomic E-state index is 11.8. The largest absolute Gasteiger partial charge is 0.474 e. The van der Waals surface area contributed by atoms with Gasteiger partial charge in [-0.2, -0.15) is 4.98 Å². The Morgan fingerprint density at radius 3 is 2.49 bits per heavy atom. The molecule has 1 aromatic rings. The van der Waals surface area contributed by atoms with Crippen LogP contribution < -0.4 is 4.74 Å². The standard InChI is InChI=1S/C20H29ClN2O10P2/c1-11(7-8-14-12(2)22-20(21)23-19(14)32-13-5-3-4-6-13)18-17(25)16(24)15(33-18)9-31-35(29,30)10-34(26,27)28/h7-8,13,15-18,24-25H,1,3-6,9-10H2,2H3,(H,29,30)(H2,26,27,28)/b8-7-/t15-,16-,17-,18+/m1/s1. The normalized spacial score (nSPS) is 27.4. The third kappa shape index (κ3) is 7.90. The van der Waals surface area contributed by atoms with Gasteiger partial charge < -0.3 is 38.9 Å². The van der Waals surface area contributed by atoms with Crippen molar-refractivity contribution in [3.05, 3.63) is 34.8 Å². The van der Waals surface area contributed by atoms with Crippen LogP contribution in [0.2, 0.25) is 5.28 Å². The monoisotopic (exact) mass is 554 g/mol. The second-order valence-corrected chi connectivity index (χ2v) is 12.9. The second kappa shape index (κ2) is 11.5. The first kappa shape index (κ1) is 28.4. The van der Waals surface area contributed by atoms with Gasteiger partial charge in [0, 0.05) is 0 Å². The van der Waals surface area contributed by atoms with E-state index in [1.807, 2.05) is 0 Å². The highest BCUT2D eigenvalue weighted by Crippen LogP contribution is 2.55. The Balaban J connectivity index is 1.68. The van der Waals surface area contributed by atoms with Gasteiger partial charge in [0.25, 0.3) is 0 Å². The van der Waals surface area contributed by atoms with E-state index in [2.05, 4.69) is 16.5 Å². The fourth-order valence-electron chi connectivity index (χ4n) is 3.91.